The van der Waals surface area contributed by atoms with E-state index in [2.05, 4.69) is 17.4 Å². The molecule has 5 heteroatoms. The van der Waals surface area contributed by atoms with Crippen LogP contribution in [0.25, 0.3) is 11.1 Å². The zero-order valence-corrected chi connectivity index (χ0v) is 16.8. The topological polar surface area (TPSA) is 56.8 Å². The quantitative estimate of drug-likeness (QED) is 0.616. The van der Waals surface area contributed by atoms with E-state index in [0.29, 0.717) is 23.8 Å². The summed E-state index contributed by atoms with van der Waals surface area (Å²) in [5.41, 5.74) is 3.10. The lowest BCUT2D eigenvalue weighted by Crippen LogP contribution is -2.35. The van der Waals surface area contributed by atoms with E-state index in [1.807, 2.05) is 54.6 Å². The van der Waals surface area contributed by atoms with Crippen LogP contribution in [0.2, 0.25) is 0 Å². The van der Waals surface area contributed by atoms with E-state index in [4.69, 9.17) is 14.2 Å². The number of hydrogen-bond donors (Lipinski definition) is 1. The Balaban J connectivity index is 1.57. The molecule has 150 valence electrons. The maximum absolute atomic E-state index is 12.4. The first-order valence-corrected chi connectivity index (χ1v) is 9.41. The Kier molecular flexibility index (Phi) is 6.74. The van der Waals surface area contributed by atoms with Crippen molar-refractivity contribution in [1.29, 1.82) is 0 Å². The highest BCUT2D eigenvalue weighted by molar-refractivity contribution is 5.80. The fourth-order valence-electron chi connectivity index (χ4n) is 2.94. The highest BCUT2D eigenvalue weighted by Crippen LogP contribution is 2.25. The van der Waals surface area contributed by atoms with Gasteiger partial charge in [-0.3, -0.25) is 4.79 Å². The van der Waals surface area contributed by atoms with E-state index in [0.717, 1.165) is 16.7 Å². The number of methoxy groups -OCH3 is 2. The SMILES string of the molecule is COc1ccc(CNC(=O)C(C)Oc2ccc(-c3ccccc3)cc2)c(OC)c1. The molecular formula is C24H25NO4. The molecule has 3 rings (SSSR count). The summed E-state index contributed by atoms with van der Waals surface area (Å²) in [6.45, 7) is 2.07. The van der Waals surface area contributed by atoms with Gasteiger partial charge in [-0.1, -0.05) is 42.5 Å². The van der Waals surface area contributed by atoms with E-state index in [1.165, 1.54) is 0 Å². The number of benzene rings is 3. The highest BCUT2D eigenvalue weighted by Gasteiger charge is 2.15. The van der Waals surface area contributed by atoms with Gasteiger partial charge in [0.05, 0.1) is 14.2 Å². The Bertz CT molecular complexity index is 939. The van der Waals surface area contributed by atoms with Gasteiger partial charge in [0.15, 0.2) is 6.10 Å². The van der Waals surface area contributed by atoms with Gasteiger partial charge in [-0.05, 0) is 42.3 Å². The van der Waals surface area contributed by atoms with Crippen LogP contribution in [0, 0.1) is 0 Å². The average Bonchev–Trinajstić information content (AvgIpc) is 2.78. The lowest BCUT2D eigenvalue weighted by molar-refractivity contribution is -0.127. The van der Waals surface area contributed by atoms with E-state index >= 15 is 0 Å². The van der Waals surface area contributed by atoms with Gasteiger partial charge in [0.2, 0.25) is 0 Å². The summed E-state index contributed by atoms with van der Waals surface area (Å²) >= 11 is 0. The van der Waals surface area contributed by atoms with Crippen LogP contribution >= 0.6 is 0 Å². The molecule has 1 N–H and O–H groups in total. The number of carbonyl (C=O) groups is 1. The first kappa shape index (κ1) is 20.3. The standard InChI is InChI=1S/C24H25NO4/c1-17(24(26)25-16-20-11-14-22(27-2)15-23(20)28-3)29-21-12-9-19(10-13-21)18-7-5-4-6-8-18/h4-15,17H,16H2,1-3H3,(H,25,26). The van der Waals surface area contributed by atoms with E-state index in [1.54, 1.807) is 27.2 Å². The summed E-state index contributed by atoms with van der Waals surface area (Å²) in [4.78, 5) is 12.4. The van der Waals surface area contributed by atoms with Gasteiger partial charge < -0.3 is 19.5 Å². The van der Waals surface area contributed by atoms with E-state index in [-0.39, 0.29) is 5.91 Å². The molecule has 29 heavy (non-hydrogen) atoms. The van der Waals surface area contributed by atoms with Crippen LogP contribution in [-0.4, -0.2) is 26.2 Å². The molecule has 0 fully saturated rings. The summed E-state index contributed by atoms with van der Waals surface area (Å²) in [5.74, 6) is 1.81. The molecule has 1 atom stereocenters. The lowest BCUT2D eigenvalue weighted by atomic mass is 10.1. The fraction of sp³-hybridized carbons (Fsp3) is 0.208. The van der Waals surface area contributed by atoms with Gasteiger partial charge in [-0.2, -0.15) is 0 Å². The molecule has 0 bridgehead atoms. The predicted molar refractivity (Wildman–Crippen MR) is 113 cm³/mol. The third kappa shape index (κ3) is 5.29. The summed E-state index contributed by atoms with van der Waals surface area (Å²) < 4.78 is 16.3. The number of rotatable bonds is 8. The van der Waals surface area contributed by atoms with Gasteiger partial charge in [-0.25, -0.2) is 0 Å². The molecule has 0 heterocycles. The average molecular weight is 391 g/mol. The summed E-state index contributed by atoms with van der Waals surface area (Å²) in [6.07, 6.45) is -0.623. The summed E-state index contributed by atoms with van der Waals surface area (Å²) in [5, 5.41) is 2.88. The van der Waals surface area contributed by atoms with Crippen molar-refractivity contribution >= 4 is 5.91 Å². The molecule has 0 saturated heterocycles. The van der Waals surface area contributed by atoms with Crippen molar-refractivity contribution in [3.05, 3.63) is 78.4 Å². The van der Waals surface area contributed by atoms with Crippen LogP contribution in [0.5, 0.6) is 17.2 Å². The third-order valence-electron chi connectivity index (χ3n) is 4.59. The number of amides is 1. The Morgan fingerprint density at radius 1 is 0.862 bits per heavy atom. The predicted octanol–water partition coefficient (Wildman–Crippen LogP) is 4.45. The van der Waals surface area contributed by atoms with Gasteiger partial charge in [0.1, 0.15) is 17.2 Å². The molecule has 5 nitrogen and oxygen atoms in total. The molecule has 0 radical (unpaired) electrons. The Hall–Kier alpha value is -3.47. The molecule has 0 aromatic heterocycles. The maximum atomic E-state index is 12.4. The van der Waals surface area contributed by atoms with Crippen molar-refractivity contribution in [1.82, 2.24) is 5.32 Å². The first-order chi connectivity index (χ1) is 14.1. The molecule has 0 spiro atoms. The minimum absolute atomic E-state index is 0.199. The van der Waals surface area contributed by atoms with Crippen LogP contribution in [0.4, 0.5) is 0 Å². The zero-order chi connectivity index (χ0) is 20.6. The number of ether oxygens (including phenoxy) is 3. The molecule has 3 aromatic carbocycles. The van der Waals surface area contributed by atoms with Gasteiger partial charge in [0, 0.05) is 18.2 Å². The van der Waals surface area contributed by atoms with Crippen molar-refractivity contribution in [3.63, 3.8) is 0 Å². The van der Waals surface area contributed by atoms with Crippen molar-refractivity contribution in [2.75, 3.05) is 14.2 Å². The van der Waals surface area contributed by atoms with Crippen molar-refractivity contribution in [3.8, 4) is 28.4 Å². The third-order valence-corrected chi connectivity index (χ3v) is 4.59. The second-order valence-corrected chi connectivity index (χ2v) is 6.55. The van der Waals surface area contributed by atoms with Gasteiger partial charge >= 0.3 is 0 Å². The maximum Gasteiger partial charge on any atom is 0.261 e. The summed E-state index contributed by atoms with van der Waals surface area (Å²) in [6, 6.07) is 23.3. The molecule has 0 aliphatic carbocycles. The van der Waals surface area contributed by atoms with E-state index in [9.17, 15) is 4.79 Å². The van der Waals surface area contributed by atoms with Crippen molar-refractivity contribution < 1.29 is 19.0 Å². The molecular weight excluding hydrogens is 366 g/mol. The number of carbonyl (C=O) groups excluding carboxylic acids is 1. The van der Waals surface area contributed by atoms with Crippen molar-refractivity contribution in [2.24, 2.45) is 0 Å². The van der Waals surface area contributed by atoms with Crippen molar-refractivity contribution in [2.45, 2.75) is 19.6 Å². The van der Waals surface area contributed by atoms with Crippen LogP contribution in [0.3, 0.4) is 0 Å². The van der Waals surface area contributed by atoms with Gasteiger partial charge in [0.25, 0.3) is 5.91 Å². The smallest absolute Gasteiger partial charge is 0.261 e. The zero-order valence-electron chi connectivity index (χ0n) is 16.8. The molecule has 0 aliphatic heterocycles. The second kappa shape index (κ2) is 9.64. The fourth-order valence-corrected chi connectivity index (χ4v) is 2.94. The first-order valence-electron chi connectivity index (χ1n) is 9.41. The molecule has 1 unspecified atom stereocenters. The Morgan fingerprint density at radius 2 is 1.52 bits per heavy atom. The second-order valence-electron chi connectivity index (χ2n) is 6.55. The van der Waals surface area contributed by atoms with Crippen LogP contribution in [0.1, 0.15) is 12.5 Å². The van der Waals surface area contributed by atoms with E-state index < -0.39 is 6.10 Å². The normalized spacial score (nSPS) is 11.4. The Labute approximate surface area is 171 Å². The largest absolute Gasteiger partial charge is 0.497 e. The minimum Gasteiger partial charge on any atom is -0.497 e. The molecule has 0 saturated carbocycles. The summed E-state index contributed by atoms with van der Waals surface area (Å²) in [7, 11) is 3.19. The Morgan fingerprint density at radius 3 is 2.17 bits per heavy atom. The van der Waals surface area contributed by atoms with Gasteiger partial charge in [-0.15, -0.1) is 0 Å². The number of hydrogen-bond acceptors (Lipinski definition) is 4. The molecule has 1 amide bonds. The monoisotopic (exact) mass is 391 g/mol. The minimum atomic E-state index is -0.623. The van der Waals surface area contributed by atoms with Crippen LogP contribution in [0.15, 0.2) is 72.8 Å². The highest BCUT2D eigenvalue weighted by atomic mass is 16.5. The van der Waals surface area contributed by atoms with Crippen LogP contribution < -0.4 is 19.5 Å². The van der Waals surface area contributed by atoms with Crippen LogP contribution in [-0.2, 0) is 11.3 Å². The molecule has 3 aromatic rings. The number of nitrogens with one attached hydrogen (secondary N) is 1. The lowest BCUT2D eigenvalue weighted by Gasteiger charge is -2.16. The molecule has 0 aliphatic rings.